The van der Waals surface area contributed by atoms with Crippen molar-refractivity contribution in [1.29, 1.82) is 0 Å². The molecular weight excluding hydrogens is 352 g/mol. The molecule has 0 saturated carbocycles. The lowest BCUT2D eigenvalue weighted by molar-refractivity contribution is -0.130. The highest BCUT2D eigenvalue weighted by atomic mass is 35.5. The van der Waals surface area contributed by atoms with Gasteiger partial charge in [-0.3, -0.25) is 9.69 Å². The molecule has 6 heteroatoms. The molecule has 0 aromatic heterocycles. The van der Waals surface area contributed by atoms with Crippen LogP contribution in [0.5, 0.6) is 11.5 Å². The first-order valence-electron chi connectivity index (χ1n) is 9.77. The molecule has 2 saturated heterocycles. The minimum atomic E-state index is 0.270. The van der Waals surface area contributed by atoms with Crippen molar-refractivity contribution in [2.24, 2.45) is 5.92 Å². The number of hydrogen-bond acceptors (Lipinski definition) is 4. The number of rotatable bonds is 5. The van der Waals surface area contributed by atoms with E-state index in [1.54, 1.807) is 0 Å². The van der Waals surface area contributed by atoms with Crippen molar-refractivity contribution < 1.29 is 14.3 Å². The standard InChI is InChI=1S/C20H27ClN2O3/c21-17-11-19-18(25-14-26-19)10-16(17)13-22-7-3-4-15(12-22)5-6-20(24)23-8-1-2-9-23/h10-11,15H,1-9,12-14H2/t15-/m0/s1. The van der Waals surface area contributed by atoms with Crippen molar-refractivity contribution in [3.63, 3.8) is 0 Å². The number of ether oxygens (including phenoxy) is 2. The smallest absolute Gasteiger partial charge is 0.231 e. The average Bonchev–Trinajstić information content (AvgIpc) is 3.32. The number of carbonyl (C=O) groups is 1. The van der Waals surface area contributed by atoms with E-state index in [1.165, 1.54) is 25.7 Å². The fourth-order valence-corrected chi connectivity index (χ4v) is 4.52. The first-order valence-corrected chi connectivity index (χ1v) is 10.1. The number of fused-ring (bicyclic) bond motifs is 1. The first kappa shape index (κ1) is 17.9. The highest BCUT2D eigenvalue weighted by molar-refractivity contribution is 6.31. The number of halogens is 1. The van der Waals surface area contributed by atoms with Crippen LogP contribution in [-0.4, -0.2) is 48.7 Å². The van der Waals surface area contributed by atoms with E-state index in [9.17, 15) is 4.79 Å². The Morgan fingerprint density at radius 1 is 1.12 bits per heavy atom. The summed E-state index contributed by atoms with van der Waals surface area (Å²) in [6.07, 6.45) is 6.44. The van der Waals surface area contributed by atoms with Crippen molar-refractivity contribution in [2.45, 2.75) is 45.1 Å². The molecule has 3 aliphatic rings. The van der Waals surface area contributed by atoms with E-state index in [0.717, 1.165) is 61.2 Å². The van der Waals surface area contributed by atoms with Gasteiger partial charge < -0.3 is 14.4 Å². The molecule has 5 nitrogen and oxygen atoms in total. The fraction of sp³-hybridized carbons (Fsp3) is 0.650. The van der Waals surface area contributed by atoms with E-state index < -0.39 is 0 Å². The van der Waals surface area contributed by atoms with Gasteiger partial charge in [-0.05, 0) is 56.2 Å². The zero-order chi connectivity index (χ0) is 17.9. The number of carbonyl (C=O) groups excluding carboxylic acids is 1. The van der Waals surface area contributed by atoms with E-state index >= 15 is 0 Å². The van der Waals surface area contributed by atoms with Gasteiger partial charge in [0, 0.05) is 43.7 Å². The molecule has 3 heterocycles. The van der Waals surface area contributed by atoms with Crippen LogP contribution in [0.4, 0.5) is 0 Å². The van der Waals surface area contributed by atoms with Crippen LogP contribution in [0.25, 0.3) is 0 Å². The van der Waals surface area contributed by atoms with Crippen molar-refractivity contribution in [1.82, 2.24) is 9.80 Å². The minimum Gasteiger partial charge on any atom is -0.454 e. The van der Waals surface area contributed by atoms with Crippen LogP contribution in [0.15, 0.2) is 12.1 Å². The Balaban J connectivity index is 1.30. The average molecular weight is 379 g/mol. The SMILES string of the molecule is O=C(CC[C@@H]1CCCN(Cc2cc3c(cc2Cl)OCO3)C1)N1CCCC1. The van der Waals surface area contributed by atoms with Crippen molar-refractivity contribution >= 4 is 17.5 Å². The van der Waals surface area contributed by atoms with E-state index in [1.807, 2.05) is 17.0 Å². The lowest BCUT2D eigenvalue weighted by atomic mass is 9.93. The molecule has 0 bridgehead atoms. The predicted molar refractivity (Wildman–Crippen MR) is 101 cm³/mol. The summed E-state index contributed by atoms with van der Waals surface area (Å²) in [6.45, 7) is 5.13. The molecule has 142 valence electrons. The monoisotopic (exact) mass is 378 g/mol. The van der Waals surface area contributed by atoms with Crippen LogP contribution in [0, 0.1) is 5.92 Å². The number of hydrogen-bond donors (Lipinski definition) is 0. The molecular formula is C20H27ClN2O3. The van der Waals surface area contributed by atoms with Crippen molar-refractivity contribution in [2.75, 3.05) is 33.0 Å². The molecule has 0 spiro atoms. The molecule has 1 atom stereocenters. The molecule has 1 amide bonds. The molecule has 2 fully saturated rings. The van der Waals surface area contributed by atoms with Gasteiger partial charge >= 0.3 is 0 Å². The summed E-state index contributed by atoms with van der Waals surface area (Å²) in [5.74, 6) is 2.46. The van der Waals surface area contributed by atoms with Gasteiger partial charge in [-0.1, -0.05) is 11.6 Å². The Bertz CT molecular complexity index is 661. The van der Waals surface area contributed by atoms with Crippen LogP contribution in [0.3, 0.4) is 0 Å². The highest BCUT2D eigenvalue weighted by Gasteiger charge is 2.24. The molecule has 0 radical (unpaired) electrons. The zero-order valence-electron chi connectivity index (χ0n) is 15.2. The second-order valence-electron chi connectivity index (χ2n) is 7.67. The van der Waals surface area contributed by atoms with Crippen LogP contribution < -0.4 is 9.47 Å². The van der Waals surface area contributed by atoms with Gasteiger partial charge in [-0.25, -0.2) is 0 Å². The zero-order valence-corrected chi connectivity index (χ0v) is 16.0. The number of benzene rings is 1. The number of likely N-dealkylation sites (tertiary alicyclic amines) is 2. The Kier molecular flexibility index (Phi) is 5.55. The molecule has 0 N–H and O–H groups in total. The summed E-state index contributed by atoms with van der Waals surface area (Å²) in [7, 11) is 0. The van der Waals surface area contributed by atoms with Crippen LogP contribution >= 0.6 is 11.6 Å². The molecule has 26 heavy (non-hydrogen) atoms. The van der Waals surface area contributed by atoms with E-state index in [0.29, 0.717) is 18.2 Å². The minimum absolute atomic E-state index is 0.270. The van der Waals surface area contributed by atoms with Gasteiger partial charge in [0.15, 0.2) is 11.5 Å². The topological polar surface area (TPSA) is 42.0 Å². The highest BCUT2D eigenvalue weighted by Crippen LogP contribution is 2.37. The van der Waals surface area contributed by atoms with Gasteiger partial charge in [-0.2, -0.15) is 0 Å². The lowest BCUT2D eigenvalue weighted by Gasteiger charge is -2.33. The Hall–Kier alpha value is -1.46. The summed E-state index contributed by atoms with van der Waals surface area (Å²) in [6, 6.07) is 3.86. The Morgan fingerprint density at radius 3 is 2.69 bits per heavy atom. The molecule has 0 aliphatic carbocycles. The van der Waals surface area contributed by atoms with E-state index in [2.05, 4.69) is 4.90 Å². The van der Waals surface area contributed by atoms with Gasteiger partial charge in [0.05, 0.1) is 0 Å². The summed E-state index contributed by atoms with van der Waals surface area (Å²) in [5, 5.41) is 0.737. The third-order valence-corrected chi connectivity index (χ3v) is 6.12. The lowest BCUT2D eigenvalue weighted by Crippen LogP contribution is -2.36. The number of amides is 1. The molecule has 1 aromatic carbocycles. The second-order valence-corrected chi connectivity index (χ2v) is 8.07. The molecule has 3 aliphatic heterocycles. The summed E-state index contributed by atoms with van der Waals surface area (Å²) < 4.78 is 10.9. The summed E-state index contributed by atoms with van der Waals surface area (Å²) in [5.41, 5.74) is 1.09. The van der Waals surface area contributed by atoms with Gasteiger partial charge in [0.2, 0.25) is 12.7 Å². The number of nitrogens with zero attached hydrogens (tertiary/aromatic N) is 2. The maximum absolute atomic E-state index is 12.3. The molecule has 0 unspecified atom stereocenters. The second kappa shape index (κ2) is 8.05. The van der Waals surface area contributed by atoms with E-state index in [-0.39, 0.29) is 6.79 Å². The van der Waals surface area contributed by atoms with Gasteiger partial charge in [0.1, 0.15) is 0 Å². The Morgan fingerprint density at radius 2 is 1.88 bits per heavy atom. The maximum atomic E-state index is 12.3. The predicted octanol–water partition coefficient (Wildman–Crippen LogP) is 3.68. The largest absolute Gasteiger partial charge is 0.454 e. The molecule has 1 aromatic rings. The van der Waals surface area contributed by atoms with Crippen molar-refractivity contribution in [3.8, 4) is 11.5 Å². The van der Waals surface area contributed by atoms with Crippen LogP contribution in [-0.2, 0) is 11.3 Å². The Labute approximate surface area is 160 Å². The quantitative estimate of drug-likeness (QED) is 0.783. The first-order chi connectivity index (χ1) is 12.7. The summed E-state index contributed by atoms with van der Waals surface area (Å²) in [4.78, 5) is 16.8. The number of piperidine rings is 1. The normalized spacial score (nSPS) is 22.8. The van der Waals surface area contributed by atoms with Gasteiger partial charge in [0.25, 0.3) is 0 Å². The third-order valence-electron chi connectivity index (χ3n) is 5.76. The van der Waals surface area contributed by atoms with E-state index in [4.69, 9.17) is 21.1 Å². The van der Waals surface area contributed by atoms with Crippen molar-refractivity contribution in [3.05, 3.63) is 22.7 Å². The van der Waals surface area contributed by atoms with Crippen LogP contribution in [0.1, 0.15) is 44.1 Å². The van der Waals surface area contributed by atoms with Gasteiger partial charge in [-0.15, -0.1) is 0 Å². The summed E-state index contributed by atoms with van der Waals surface area (Å²) >= 11 is 6.43. The van der Waals surface area contributed by atoms with Crippen LogP contribution in [0.2, 0.25) is 5.02 Å². The fourth-order valence-electron chi connectivity index (χ4n) is 4.30. The maximum Gasteiger partial charge on any atom is 0.231 e. The molecule has 4 rings (SSSR count). The third kappa shape index (κ3) is 4.09.